The average molecular weight is 315 g/mol. The predicted octanol–water partition coefficient (Wildman–Crippen LogP) is 3.14. The van der Waals surface area contributed by atoms with Crippen LogP contribution in [0.5, 0.6) is 11.6 Å². The van der Waals surface area contributed by atoms with Crippen molar-refractivity contribution in [2.24, 2.45) is 5.73 Å². The van der Waals surface area contributed by atoms with Gasteiger partial charge in [-0.3, -0.25) is 4.98 Å². The first-order valence-electron chi connectivity index (χ1n) is 4.83. The summed E-state index contributed by atoms with van der Waals surface area (Å²) in [5, 5.41) is 0.512. The highest BCUT2D eigenvalue weighted by Gasteiger charge is 2.05. The van der Waals surface area contributed by atoms with Crippen LogP contribution in [0.3, 0.4) is 0 Å². The van der Waals surface area contributed by atoms with Gasteiger partial charge in [-0.05, 0) is 18.2 Å². The molecule has 0 saturated heterocycles. The van der Waals surface area contributed by atoms with Crippen molar-refractivity contribution in [2.45, 2.75) is 6.54 Å². The molecular weight excluding hydrogens is 305 g/mol. The SMILES string of the molecule is NCc1cnc(Oc2cc(Br)ccc2Cl)cn1. The maximum absolute atomic E-state index is 5.99. The van der Waals surface area contributed by atoms with Crippen molar-refractivity contribution >= 4 is 27.5 Å². The van der Waals surface area contributed by atoms with Gasteiger partial charge in [0.05, 0.1) is 23.1 Å². The van der Waals surface area contributed by atoms with E-state index in [9.17, 15) is 0 Å². The number of nitrogens with zero attached hydrogens (tertiary/aromatic N) is 2. The number of hydrogen-bond donors (Lipinski definition) is 1. The van der Waals surface area contributed by atoms with Gasteiger partial charge in [0.2, 0.25) is 5.88 Å². The quantitative estimate of drug-likeness (QED) is 0.945. The molecule has 4 nitrogen and oxygen atoms in total. The number of nitrogens with two attached hydrogens (primary N) is 1. The third-order valence-electron chi connectivity index (χ3n) is 2.00. The Balaban J connectivity index is 2.22. The largest absolute Gasteiger partial charge is 0.436 e. The second-order valence-corrected chi connectivity index (χ2v) is 4.55. The summed E-state index contributed by atoms with van der Waals surface area (Å²) in [7, 11) is 0. The van der Waals surface area contributed by atoms with E-state index < -0.39 is 0 Å². The summed E-state index contributed by atoms with van der Waals surface area (Å²) in [6.07, 6.45) is 3.08. The zero-order valence-corrected chi connectivity index (χ0v) is 11.1. The van der Waals surface area contributed by atoms with Crippen LogP contribution in [0.1, 0.15) is 5.69 Å². The Hall–Kier alpha value is -1.17. The van der Waals surface area contributed by atoms with Crippen molar-refractivity contribution in [1.29, 1.82) is 0 Å². The Morgan fingerprint density at radius 3 is 2.76 bits per heavy atom. The van der Waals surface area contributed by atoms with Crippen LogP contribution in [0.2, 0.25) is 5.02 Å². The van der Waals surface area contributed by atoms with Gasteiger partial charge in [-0.15, -0.1) is 0 Å². The lowest BCUT2D eigenvalue weighted by molar-refractivity contribution is 0.459. The summed E-state index contributed by atoms with van der Waals surface area (Å²) in [6, 6.07) is 5.34. The van der Waals surface area contributed by atoms with E-state index in [4.69, 9.17) is 22.1 Å². The second-order valence-electron chi connectivity index (χ2n) is 3.23. The average Bonchev–Trinajstić information content (AvgIpc) is 2.35. The molecule has 0 fully saturated rings. The summed E-state index contributed by atoms with van der Waals surface area (Å²) in [5.41, 5.74) is 6.13. The molecule has 2 rings (SSSR count). The van der Waals surface area contributed by atoms with E-state index in [-0.39, 0.29) is 0 Å². The van der Waals surface area contributed by atoms with Crippen LogP contribution >= 0.6 is 27.5 Å². The Kier molecular flexibility index (Phi) is 3.93. The Bertz CT molecular complexity index is 519. The molecule has 0 aliphatic heterocycles. The van der Waals surface area contributed by atoms with Crippen LogP contribution in [-0.4, -0.2) is 9.97 Å². The maximum Gasteiger partial charge on any atom is 0.237 e. The highest BCUT2D eigenvalue weighted by Crippen LogP contribution is 2.30. The fourth-order valence-electron chi connectivity index (χ4n) is 1.17. The van der Waals surface area contributed by atoms with E-state index in [0.29, 0.717) is 28.9 Å². The summed E-state index contributed by atoms with van der Waals surface area (Å²) in [4.78, 5) is 8.16. The molecule has 0 atom stereocenters. The Morgan fingerprint density at radius 2 is 2.12 bits per heavy atom. The van der Waals surface area contributed by atoms with Gasteiger partial charge in [-0.1, -0.05) is 27.5 Å². The van der Waals surface area contributed by atoms with Crippen molar-refractivity contribution in [2.75, 3.05) is 0 Å². The van der Waals surface area contributed by atoms with Gasteiger partial charge in [0, 0.05) is 11.0 Å². The van der Waals surface area contributed by atoms with Crippen molar-refractivity contribution in [1.82, 2.24) is 9.97 Å². The molecule has 1 aromatic heterocycles. The molecule has 0 amide bonds. The smallest absolute Gasteiger partial charge is 0.237 e. The standard InChI is InChI=1S/C11H9BrClN3O/c12-7-1-2-9(13)10(3-7)17-11-6-15-8(4-14)5-16-11/h1-3,5-6H,4,14H2. The topological polar surface area (TPSA) is 61.0 Å². The Labute approximate surface area is 112 Å². The lowest BCUT2D eigenvalue weighted by Crippen LogP contribution is -2.00. The second kappa shape index (κ2) is 5.44. The fraction of sp³-hybridized carbons (Fsp3) is 0.0909. The first-order chi connectivity index (χ1) is 8.19. The van der Waals surface area contributed by atoms with Gasteiger partial charge >= 0.3 is 0 Å². The molecule has 0 aliphatic carbocycles. The number of hydrogen-bond acceptors (Lipinski definition) is 4. The zero-order chi connectivity index (χ0) is 12.3. The summed E-state index contributed by atoms with van der Waals surface area (Å²) < 4.78 is 6.39. The van der Waals surface area contributed by atoms with Crippen LogP contribution in [0.25, 0.3) is 0 Å². The normalized spacial score (nSPS) is 10.3. The third kappa shape index (κ3) is 3.15. The van der Waals surface area contributed by atoms with Gasteiger partial charge in [-0.2, -0.15) is 0 Å². The molecular formula is C11H9BrClN3O. The van der Waals surface area contributed by atoms with Crippen molar-refractivity contribution in [3.8, 4) is 11.6 Å². The minimum Gasteiger partial charge on any atom is -0.436 e. The lowest BCUT2D eigenvalue weighted by atomic mass is 10.3. The van der Waals surface area contributed by atoms with Crippen molar-refractivity contribution < 1.29 is 4.74 Å². The van der Waals surface area contributed by atoms with Gasteiger partial charge in [0.1, 0.15) is 5.75 Å². The number of benzene rings is 1. The monoisotopic (exact) mass is 313 g/mol. The first-order valence-corrected chi connectivity index (χ1v) is 6.00. The van der Waals surface area contributed by atoms with Crippen molar-refractivity contribution in [3.05, 3.63) is 45.8 Å². The van der Waals surface area contributed by atoms with Gasteiger partial charge < -0.3 is 10.5 Å². The zero-order valence-electron chi connectivity index (χ0n) is 8.73. The number of halogens is 2. The summed E-state index contributed by atoms with van der Waals surface area (Å²) in [5.74, 6) is 0.901. The van der Waals surface area contributed by atoms with Crippen LogP contribution in [-0.2, 0) is 6.54 Å². The minimum atomic E-state index is 0.352. The van der Waals surface area contributed by atoms with E-state index in [1.54, 1.807) is 18.3 Å². The van der Waals surface area contributed by atoms with E-state index in [0.717, 1.165) is 4.47 Å². The molecule has 88 valence electrons. The lowest BCUT2D eigenvalue weighted by Gasteiger charge is -2.06. The highest BCUT2D eigenvalue weighted by molar-refractivity contribution is 9.10. The van der Waals surface area contributed by atoms with Crippen molar-refractivity contribution in [3.63, 3.8) is 0 Å². The van der Waals surface area contributed by atoms with E-state index in [2.05, 4.69) is 25.9 Å². The molecule has 17 heavy (non-hydrogen) atoms. The fourth-order valence-corrected chi connectivity index (χ4v) is 1.67. The minimum absolute atomic E-state index is 0.352. The molecule has 0 unspecified atom stereocenters. The molecule has 0 bridgehead atoms. The molecule has 1 aromatic carbocycles. The molecule has 6 heteroatoms. The highest BCUT2D eigenvalue weighted by atomic mass is 79.9. The predicted molar refractivity (Wildman–Crippen MR) is 69.1 cm³/mol. The van der Waals surface area contributed by atoms with Gasteiger partial charge in [0.25, 0.3) is 0 Å². The molecule has 2 aromatic rings. The molecule has 0 radical (unpaired) electrons. The van der Waals surface area contributed by atoms with E-state index in [1.807, 2.05) is 6.07 Å². The molecule has 2 N–H and O–H groups in total. The van der Waals surface area contributed by atoms with Crippen LogP contribution in [0, 0.1) is 0 Å². The number of rotatable bonds is 3. The van der Waals surface area contributed by atoms with Gasteiger partial charge in [0.15, 0.2) is 0 Å². The van der Waals surface area contributed by atoms with E-state index in [1.165, 1.54) is 6.20 Å². The summed E-state index contributed by atoms with van der Waals surface area (Å²) in [6.45, 7) is 0.352. The first kappa shape index (κ1) is 12.3. The Morgan fingerprint density at radius 1 is 1.29 bits per heavy atom. The maximum atomic E-state index is 5.99. The third-order valence-corrected chi connectivity index (χ3v) is 2.80. The summed E-state index contributed by atoms with van der Waals surface area (Å²) >= 11 is 9.33. The molecule has 0 saturated carbocycles. The van der Waals surface area contributed by atoms with Crippen LogP contribution in [0.15, 0.2) is 35.1 Å². The van der Waals surface area contributed by atoms with Crippen LogP contribution < -0.4 is 10.5 Å². The number of ether oxygens (including phenoxy) is 1. The number of aromatic nitrogens is 2. The van der Waals surface area contributed by atoms with Crippen LogP contribution in [0.4, 0.5) is 0 Å². The molecule has 0 aliphatic rings. The molecule has 1 heterocycles. The molecule has 0 spiro atoms. The van der Waals surface area contributed by atoms with E-state index >= 15 is 0 Å². The van der Waals surface area contributed by atoms with Gasteiger partial charge in [-0.25, -0.2) is 4.98 Å².